The molecule has 2 N–H and O–H groups in total. The second-order valence-corrected chi connectivity index (χ2v) is 4.55. The van der Waals surface area contributed by atoms with Crippen molar-refractivity contribution in [2.24, 2.45) is 0 Å². The molecule has 0 atom stereocenters. The van der Waals surface area contributed by atoms with Crippen LogP contribution in [0.5, 0.6) is 0 Å². The zero-order valence-electron chi connectivity index (χ0n) is 11.7. The molecule has 0 saturated heterocycles. The summed E-state index contributed by atoms with van der Waals surface area (Å²) in [6.07, 6.45) is 5.08. The van der Waals surface area contributed by atoms with Crippen molar-refractivity contribution in [1.82, 2.24) is 14.9 Å². The maximum atomic E-state index is 11.6. The largest absolute Gasteiger partial charge is 0.449 e. The molecule has 2 heterocycles. The number of H-pyrrole nitrogens is 1. The fourth-order valence-electron chi connectivity index (χ4n) is 2.08. The van der Waals surface area contributed by atoms with Crippen molar-refractivity contribution in [3.8, 4) is 0 Å². The van der Waals surface area contributed by atoms with Crippen molar-refractivity contribution in [2.75, 3.05) is 18.5 Å². The number of carbonyl (C=O) groups is 1. The Morgan fingerprint density at radius 2 is 2.33 bits per heavy atom. The van der Waals surface area contributed by atoms with E-state index < -0.39 is 0 Å². The Morgan fingerprint density at radius 1 is 1.48 bits per heavy atom. The van der Waals surface area contributed by atoms with Crippen molar-refractivity contribution in [2.45, 2.75) is 6.92 Å². The molecule has 2 aromatic rings. The molecule has 108 valence electrons. The van der Waals surface area contributed by atoms with Crippen molar-refractivity contribution in [1.29, 1.82) is 0 Å². The average molecular weight is 284 g/mol. The van der Waals surface area contributed by atoms with E-state index in [4.69, 9.17) is 4.74 Å². The van der Waals surface area contributed by atoms with E-state index in [2.05, 4.69) is 15.3 Å². The van der Waals surface area contributed by atoms with Crippen LogP contribution in [-0.4, -0.2) is 34.1 Å². The van der Waals surface area contributed by atoms with E-state index >= 15 is 0 Å². The van der Waals surface area contributed by atoms with Crippen LogP contribution in [0.15, 0.2) is 48.3 Å². The quantitative estimate of drug-likeness (QED) is 0.909. The molecule has 1 aliphatic heterocycles. The number of ether oxygens (including phenoxy) is 1. The maximum absolute atomic E-state index is 11.6. The highest BCUT2D eigenvalue weighted by molar-refractivity contribution is 5.77. The lowest BCUT2D eigenvalue weighted by atomic mass is 10.3. The van der Waals surface area contributed by atoms with Crippen LogP contribution < -0.4 is 5.32 Å². The van der Waals surface area contributed by atoms with Gasteiger partial charge in [-0.25, -0.2) is 9.78 Å². The summed E-state index contributed by atoms with van der Waals surface area (Å²) in [4.78, 5) is 20.7. The Labute approximate surface area is 122 Å². The minimum absolute atomic E-state index is 0.340. The summed E-state index contributed by atoms with van der Waals surface area (Å²) < 4.78 is 4.94. The highest BCUT2D eigenvalue weighted by atomic mass is 16.6. The second kappa shape index (κ2) is 5.70. The number of carbonyl (C=O) groups excluding carboxylic acids is 1. The van der Waals surface area contributed by atoms with E-state index in [1.165, 1.54) is 4.90 Å². The van der Waals surface area contributed by atoms with Crippen LogP contribution in [-0.2, 0) is 4.74 Å². The van der Waals surface area contributed by atoms with Gasteiger partial charge < -0.3 is 15.0 Å². The van der Waals surface area contributed by atoms with Crippen molar-refractivity contribution in [3.05, 3.63) is 48.3 Å². The van der Waals surface area contributed by atoms with Gasteiger partial charge in [-0.1, -0.05) is 12.1 Å². The van der Waals surface area contributed by atoms with Gasteiger partial charge >= 0.3 is 6.09 Å². The van der Waals surface area contributed by atoms with Crippen LogP contribution in [0.3, 0.4) is 0 Å². The van der Waals surface area contributed by atoms with Crippen LogP contribution in [0.4, 0.5) is 10.7 Å². The van der Waals surface area contributed by atoms with E-state index in [0.29, 0.717) is 19.1 Å². The molecule has 6 heteroatoms. The monoisotopic (exact) mass is 284 g/mol. The molecule has 0 bridgehead atoms. The lowest BCUT2D eigenvalue weighted by molar-refractivity contribution is 0.125. The van der Waals surface area contributed by atoms with Crippen LogP contribution in [0, 0.1) is 0 Å². The number of para-hydroxylation sites is 2. The summed E-state index contributed by atoms with van der Waals surface area (Å²) in [6.45, 7) is 2.63. The Hall–Kier alpha value is -2.76. The number of aromatic amines is 1. The minimum atomic E-state index is -0.340. The number of nitrogens with zero attached hydrogens (tertiary/aromatic N) is 2. The molecule has 21 heavy (non-hydrogen) atoms. The van der Waals surface area contributed by atoms with Gasteiger partial charge in [0.1, 0.15) is 0 Å². The first-order valence-corrected chi connectivity index (χ1v) is 6.80. The highest BCUT2D eigenvalue weighted by Crippen LogP contribution is 2.16. The second-order valence-electron chi connectivity index (χ2n) is 4.55. The molecule has 1 aromatic heterocycles. The number of rotatable bonds is 3. The third-order valence-electron chi connectivity index (χ3n) is 3.10. The van der Waals surface area contributed by atoms with E-state index in [1.807, 2.05) is 36.4 Å². The Morgan fingerprint density at radius 3 is 3.05 bits per heavy atom. The van der Waals surface area contributed by atoms with Crippen LogP contribution in [0.25, 0.3) is 11.0 Å². The summed E-state index contributed by atoms with van der Waals surface area (Å²) in [5, 5.41) is 3.19. The third kappa shape index (κ3) is 2.89. The number of anilines is 1. The van der Waals surface area contributed by atoms with Gasteiger partial charge in [0.2, 0.25) is 5.95 Å². The summed E-state index contributed by atoms with van der Waals surface area (Å²) in [5.74, 6) is 0.677. The highest BCUT2D eigenvalue weighted by Gasteiger charge is 2.14. The van der Waals surface area contributed by atoms with Crippen molar-refractivity contribution in [3.63, 3.8) is 0 Å². The Kier molecular flexibility index (Phi) is 3.59. The van der Waals surface area contributed by atoms with Crippen LogP contribution >= 0.6 is 0 Å². The third-order valence-corrected chi connectivity index (χ3v) is 3.10. The Balaban J connectivity index is 1.67. The smallest absolute Gasteiger partial charge is 0.414 e. The number of imidazole rings is 1. The van der Waals surface area contributed by atoms with Gasteiger partial charge in [0, 0.05) is 18.4 Å². The van der Waals surface area contributed by atoms with Gasteiger partial charge in [-0.05, 0) is 31.2 Å². The number of nitrogens with one attached hydrogen (secondary N) is 2. The first-order chi connectivity index (χ1) is 10.3. The number of aromatic nitrogens is 2. The molecular weight excluding hydrogens is 268 g/mol. The number of benzene rings is 1. The van der Waals surface area contributed by atoms with E-state index in [-0.39, 0.29) is 6.09 Å². The van der Waals surface area contributed by atoms with E-state index in [0.717, 1.165) is 16.7 Å². The normalized spacial score (nSPS) is 14.1. The molecule has 0 fully saturated rings. The van der Waals surface area contributed by atoms with E-state index in [1.54, 1.807) is 13.1 Å². The molecule has 0 unspecified atom stereocenters. The van der Waals surface area contributed by atoms with Crippen molar-refractivity contribution < 1.29 is 9.53 Å². The summed E-state index contributed by atoms with van der Waals surface area (Å²) in [6, 6.07) is 7.83. The molecule has 3 rings (SSSR count). The molecule has 1 aliphatic rings. The average Bonchev–Trinajstić information content (AvgIpc) is 2.90. The lowest BCUT2D eigenvalue weighted by Gasteiger charge is -2.20. The SMILES string of the molecule is CCOC(=O)N1C=CC(Nc2nc3ccccc3[nH]2)=CC1. The molecule has 1 aromatic carbocycles. The van der Waals surface area contributed by atoms with Crippen LogP contribution in [0.1, 0.15) is 6.92 Å². The predicted molar refractivity (Wildman–Crippen MR) is 80.7 cm³/mol. The first kappa shape index (κ1) is 13.2. The van der Waals surface area contributed by atoms with Gasteiger partial charge in [0.25, 0.3) is 0 Å². The molecule has 0 saturated carbocycles. The van der Waals surface area contributed by atoms with Gasteiger partial charge in [0.05, 0.1) is 17.6 Å². The zero-order valence-corrected chi connectivity index (χ0v) is 11.7. The Bertz CT molecular complexity index is 684. The topological polar surface area (TPSA) is 70.2 Å². The number of allylic oxidation sites excluding steroid dienone is 1. The maximum Gasteiger partial charge on any atom is 0.414 e. The van der Waals surface area contributed by atoms with Gasteiger partial charge in [0.15, 0.2) is 0 Å². The zero-order chi connectivity index (χ0) is 14.7. The molecular formula is C15H16N4O2. The molecule has 0 radical (unpaired) electrons. The number of amides is 1. The van der Waals surface area contributed by atoms with Gasteiger partial charge in [-0.2, -0.15) is 0 Å². The molecule has 1 amide bonds. The van der Waals surface area contributed by atoms with Gasteiger partial charge in [-0.15, -0.1) is 0 Å². The summed E-state index contributed by atoms with van der Waals surface area (Å²) in [7, 11) is 0. The molecule has 0 aliphatic carbocycles. The fourth-order valence-corrected chi connectivity index (χ4v) is 2.08. The number of hydrogen-bond acceptors (Lipinski definition) is 4. The standard InChI is InChI=1S/C15H16N4O2/c1-2-21-15(20)19-9-7-11(8-10-19)16-14-17-12-5-3-4-6-13(12)18-14/h3-9H,2,10H2,1H3,(H2,16,17,18). The number of hydrogen-bond donors (Lipinski definition) is 2. The first-order valence-electron chi connectivity index (χ1n) is 6.80. The fraction of sp³-hybridized carbons (Fsp3) is 0.200. The molecule has 6 nitrogen and oxygen atoms in total. The lowest BCUT2D eigenvalue weighted by Crippen LogP contribution is -2.29. The van der Waals surface area contributed by atoms with Crippen molar-refractivity contribution >= 4 is 23.1 Å². The van der Waals surface area contributed by atoms with Crippen LogP contribution in [0.2, 0.25) is 0 Å². The van der Waals surface area contributed by atoms with Gasteiger partial charge in [-0.3, -0.25) is 4.90 Å². The summed E-state index contributed by atoms with van der Waals surface area (Å²) in [5.41, 5.74) is 2.77. The van der Waals surface area contributed by atoms with E-state index in [9.17, 15) is 4.79 Å². The molecule has 0 spiro atoms. The summed E-state index contributed by atoms with van der Waals surface area (Å²) >= 11 is 0. The minimum Gasteiger partial charge on any atom is -0.449 e. The number of fused-ring (bicyclic) bond motifs is 1. The predicted octanol–water partition coefficient (Wildman–Crippen LogP) is 2.84.